The summed E-state index contributed by atoms with van der Waals surface area (Å²) in [5.41, 5.74) is 0.468. The zero-order valence-electron chi connectivity index (χ0n) is 10.3. The maximum Gasteiger partial charge on any atom is 0.255 e. The number of amides is 1. The first-order chi connectivity index (χ1) is 8.60. The molecule has 0 aliphatic carbocycles. The van der Waals surface area contributed by atoms with E-state index in [0.29, 0.717) is 23.7 Å². The Morgan fingerprint density at radius 2 is 2.17 bits per heavy atom. The number of unbranched alkanes of at least 4 members (excludes halogenated alkanes) is 1. The first kappa shape index (κ1) is 15.5. The molecule has 0 spiro atoms. The van der Waals surface area contributed by atoms with E-state index in [1.54, 1.807) is 23.1 Å². The van der Waals surface area contributed by atoms with Gasteiger partial charge in [-0.2, -0.15) is 0 Å². The summed E-state index contributed by atoms with van der Waals surface area (Å²) in [4.78, 5) is 14.0. The minimum Gasteiger partial charge on any atom is -0.395 e. The summed E-state index contributed by atoms with van der Waals surface area (Å²) in [7, 11) is 0. The third-order valence-electron chi connectivity index (χ3n) is 2.60. The zero-order chi connectivity index (χ0) is 13.5. The lowest BCUT2D eigenvalue weighted by atomic mass is 10.2. The summed E-state index contributed by atoms with van der Waals surface area (Å²) < 4.78 is 0.815. The monoisotopic (exact) mass is 333 g/mol. The van der Waals surface area contributed by atoms with E-state index in [-0.39, 0.29) is 12.5 Å². The number of carbonyl (C=O) groups is 1. The molecule has 0 heterocycles. The van der Waals surface area contributed by atoms with E-state index in [2.05, 4.69) is 22.9 Å². The van der Waals surface area contributed by atoms with Gasteiger partial charge in [0.15, 0.2) is 0 Å². The summed E-state index contributed by atoms with van der Waals surface area (Å²) in [6.45, 7) is 3.00. The molecule has 0 aliphatic heterocycles. The van der Waals surface area contributed by atoms with E-state index in [4.69, 9.17) is 16.7 Å². The molecule has 1 amide bonds. The fourth-order valence-electron chi connectivity index (χ4n) is 1.62. The molecule has 100 valence electrons. The van der Waals surface area contributed by atoms with Crippen molar-refractivity contribution in [3.8, 4) is 0 Å². The molecule has 0 saturated heterocycles. The molecule has 0 saturated carbocycles. The Morgan fingerprint density at radius 1 is 1.44 bits per heavy atom. The van der Waals surface area contributed by atoms with Gasteiger partial charge >= 0.3 is 0 Å². The van der Waals surface area contributed by atoms with Gasteiger partial charge in [-0.05, 0) is 24.6 Å². The quantitative estimate of drug-likeness (QED) is 0.867. The third kappa shape index (κ3) is 4.26. The lowest BCUT2D eigenvalue weighted by Crippen LogP contribution is -2.34. The molecular formula is C13H17BrClNO2. The number of rotatable bonds is 6. The van der Waals surface area contributed by atoms with Crippen LogP contribution >= 0.6 is 27.5 Å². The van der Waals surface area contributed by atoms with Gasteiger partial charge in [0, 0.05) is 17.6 Å². The summed E-state index contributed by atoms with van der Waals surface area (Å²) in [6, 6.07) is 5.19. The van der Waals surface area contributed by atoms with Gasteiger partial charge in [0.25, 0.3) is 5.91 Å². The number of hydrogen-bond donors (Lipinski definition) is 1. The fraction of sp³-hybridized carbons (Fsp3) is 0.462. The van der Waals surface area contributed by atoms with Gasteiger partial charge in [-0.1, -0.05) is 40.9 Å². The smallest absolute Gasteiger partial charge is 0.255 e. The number of carbonyl (C=O) groups excluding carboxylic acids is 1. The molecule has 0 aromatic heterocycles. The third-order valence-corrected chi connectivity index (χ3v) is 3.42. The van der Waals surface area contributed by atoms with E-state index in [1.807, 2.05) is 0 Å². The second kappa shape index (κ2) is 7.77. The van der Waals surface area contributed by atoms with Gasteiger partial charge < -0.3 is 10.0 Å². The number of nitrogens with zero attached hydrogens (tertiary/aromatic N) is 1. The lowest BCUT2D eigenvalue weighted by molar-refractivity contribution is 0.0719. The molecule has 5 heteroatoms. The average Bonchev–Trinajstić information content (AvgIpc) is 2.36. The van der Waals surface area contributed by atoms with E-state index in [1.165, 1.54) is 0 Å². The Balaban J connectivity index is 2.90. The van der Waals surface area contributed by atoms with Crippen LogP contribution in [0.5, 0.6) is 0 Å². The normalized spacial score (nSPS) is 10.4. The van der Waals surface area contributed by atoms with Crippen molar-refractivity contribution in [3.05, 3.63) is 33.3 Å². The number of benzene rings is 1. The van der Waals surface area contributed by atoms with Crippen LogP contribution in [0.15, 0.2) is 22.7 Å². The van der Waals surface area contributed by atoms with Gasteiger partial charge in [0.05, 0.1) is 17.2 Å². The van der Waals surface area contributed by atoms with Gasteiger partial charge in [-0.25, -0.2) is 0 Å². The van der Waals surface area contributed by atoms with Crippen LogP contribution in [0.3, 0.4) is 0 Å². The molecule has 0 aliphatic rings. The Morgan fingerprint density at radius 3 is 2.78 bits per heavy atom. The second-order valence-electron chi connectivity index (χ2n) is 3.99. The first-order valence-electron chi connectivity index (χ1n) is 5.95. The van der Waals surface area contributed by atoms with Gasteiger partial charge in [0.1, 0.15) is 0 Å². The molecule has 0 bridgehead atoms. The van der Waals surface area contributed by atoms with Gasteiger partial charge in [-0.3, -0.25) is 4.79 Å². The summed E-state index contributed by atoms with van der Waals surface area (Å²) in [6.07, 6.45) is 1.92. The number of halogens is 2. The highest BCUT2D eigenvalue weighted by molar-refractivity contribution is 9.10. The molecule has 0 unspecified atom stereocenters. The van der Waals surface area contributed by atoms with Crippen molar-refractivity contribution in [2.24, 2.45) is 0 Å². The summed E-state index contributed by atoms with van der Waals surface area (Å²) in [5, 5.41) is 9.45. The molecule has 3 nitrogen and oxygen atoms in total. The van der Waals surface area contributed by atoms with Crippen molar-refractivity contribution in [2.45, 2.75) is 19.8 Å². The highest BCUT2D eigenvalue weighted by Gasteiger charge is 2.17. The molecule has 1 aromatic carbocycles. The Hall–Kier alpha value is -0.580. The van der Waals surface area contributed by atoms with E-state index in [9.17, 15) is 4.79 Å². The Labute approximate surface area is 121 Å². The van der Waals surface area contributed by atoms with Crippen molar-refractivity contribution < 1.29 is 9.90 Å². The molecular weight excluding hydrogens is 318 g/mol. The number of hydrogen-bond acceptors (Lipinski definition) is 2. The fourth-order valence-corrected chi connectivity index (χ4v) is 2.18. The second-order valence-corrected chi connectivity index (χ2v) is 5.32. The first-order valence-corrected chi connectivity index (χ1v) is 7.12. The molecule has 1 N–H and O–H groups in total. The van der Waals surface area contributed by atoms with E-state index < -0.39 is 0 Å². The van der Waals surface area contributed by atoms with Crippen LogP contribution in [0, 0.1) is 0 Å². The molecule has 0 atom stereocenters. The largest absolute Gasteiger partial charge is 0.395 e. The van der Waals surface area contributed by atoms with Crippen LogP contribution in [0.1, 0.15) is 30.1 Å². The predicted octanol–water partition coefficient (Wildman–Crippen LogP) is 3.34. The minimum absolute atomic E-state index is 0.0406. The molecule has 1 rings (SSSR count). The van der Waals surface area contributed by atoms with E-state index in [0.717, 1.165) is 17.3 Å². The average molecular weight is 335 g/mol. The number of aliphatic hydroxyl groups excluding tert-OH is 1. The van der Waals surface area contributed by atoms with Crippen LogP contribution in [0.25, 0.3) is 0 Å². The topological polar surface area (TPSA) is 40.5 Å². The van der Waals surface area contributed by atoms with Crippen LogP contribution in [-0.4, -0.2) is 35.6 Å². The van der Waals surface area contributed by atoms with Crippen LogP contribution in [0.4, 0.5) is 0 Å². The molecule has 0 fully saturated rings. The molecule has 0 radical (unpaired) electrons. The number of aliphatic hydroxyl groups is 1. The minimum atomic E-state index is -0.135. The SMILES string of the molecule is CCCCN(CCO)C(=O)c1cc(Br)ccc1Cl. The van der Waals surface area contributed by atoms with Gasteiger partial charge in [-0.15, -0.1) is 0 Å². The lowest BCUT2D eigenvalue weighted by Gasteiger charge is -2.22. The highest BCUT2D eigenvalue weighted by atomic mass is 79.9. The van der Waals surface area contributed by atoms with Crippen molar-refractivity contribution in [1.82, 2.24) is 4.90 Å². The van der Waals surface area contributed by atoms with Crippen molar-refractivity contribution >= 4 is 33.4 Å². The standard InChI is InChI=1S/C13H17BrClNO2/c1-2-3-6-16(7-8-17)13(18)11-9-10(14)4-5-12(11)15/h4-5,9,17H,2-3,6-8H2,1H3. The van der Waals surface area contributed by atoms with Crippen molar-refractivity contribution in [1.29, 1.82) is 0 Å². The van der Waals surface area contributed by atoms with Crippen molar-refractivity contribution in [2.75, 3.05) is 19.7 Å². The molecule has 18 heavy (non-hydrogen) atoms. The van der Waals surface area contributed by atoms with E-state index >= 15 is 0 Å². The van der Waals surface area contributed by atoms with Crippen LogP contribution < -0.4 is 0 Å². The predicted molar refractivity (Wildman–Crippen MR) is 77.0 cm³/mol. The maximum absolute atomic E-state index is 12.3. The van der Waals surface area contributed by atoms with Crippen LogP contribution in [0.2, 0.25) is 5.02 Å². The van der Waals surface area contributed by atoms with Crippen LogP contribution in [-0.2, 0) is 0 Å². The maximum atomic E-state index is 12.3. The highest BCUT2D eigenvalue weighted by Crippen LogP contribution is 2.22. The van der Waals surface area contributed by atoms with Crippen molar-refractivity contribution in [3.63, 3.8) is 0 Å². The van der Waals surface area contributed by atoms with Gasteiger partial charge in [0.2, 0.25) is 0 Å². The summed E-state index contributed by atoms with van der Waals surface area (Å²) >= 11 is 9.37. The Kier molecular flexibility index (Phi) is 6.68. The zero-order valence-corrected chi connectivity index (χ0v) is 12.7. The molecule has 1 aromatic rings. The Bertz CT molecular complexity index is 412. The summed E-state index contributed by atoms with van der Waals surface area (Å²) in [5.74, 6) is -0.135.